The zero-order valence-electron chi connectivity index (χ0n) is 7.87. The van der Waals surface area contributed by atoms with Gasteiger partial charge < -0.3 is 4.74 Å². The van der Waals surface area contributed by atoms with E-state index in [0.717, 1.165) is 5.57 Å². The first-order valence-electron chi connectivity index (χ1n) is 3.76. The van der Waals surface area contributed by atoms with Crippen LogP contribution in [0.5, 0.6) is 0 Å². The van der Waals surface area contributed by atoms with E-state index in [-0.39, 0.29) is 0 Å². The second kappa shape index (κ2) is 6.40. The maximum Gasteiger partial charge on any atom is 0.215 e. The summed E-state index contributed by atoms with van der Waals surface area (Å²) < 4.78 is 5.05. The first-order chi connectivity index (χ1) is 5.79. The Balaban J connectivity index is 4.72. The molecule has 0 aliphatic carbocycles. The van der Waals surface area contributed by atoms with Crippen molar-refractivity contribution in [2.24, 2.45) is 4.99 Å². The van der Waals surface area contributed by atoms with Crippen LogP contribution in [0.1, 0.15) is 6.92 Å². The Morgan fingerprint density at radius 2 is 2.17 bits per heavy atom. The summed E-state index contributed by atoms with van der Waals surface area (Å²) in [6, 6.07) is 0. The summed E-state index contributed by atoms with van der Waals surface area (Å²) in [7, 11) is 3.29. The van der Waals surface area contributed by atoms with Gasteiger partial charge in [-0.2, -0.15) is 0 Å². The van der Waals surface area contributed by atoms with Gasteiger partial charge in [-0.25, -0.2) is 0 Å². The topological polar surface area (TPSA) is 21.6 Å². The maximum atomic E-state index is 5.05. The van der Waals surface area contributed by atoms with Gasteiger partial charge in [0.05, 0.1) is 7.11 Å². The first-order valence-corrected chi connectivity index (χ1v) is 3.76. The molecule has 66 valence electrons. The summed E-state index contributed by atoms with van der Waals surface area (Å²) in [6.07, 6.45) is 7.42. The molecule has 12 heavy (non-hydrogen) atoms. The van der Waals surface area contributed by atoms with Gasteiger partial charge in [-0.3, -0.25) is 4.99 Å². The molecule has 0 N–H and O–H groups in total. The average Bonchev–Trinajstić information content (AvgIpc) is 2.07. The van der Waals surface area contributed by atoms with Crippen LogP contribution in [-0.4, -0.2) is 20.1 Å². The smallest absolute Gasteiger partial charge is 0.215 e. The van der Waals surface area contributed by atoms with Crippen molar-refractivity contribution in [3.8, 4) is 0 Å². The van der Waals surface area contributed by atoms with Gasteiger partial charge in [-0.15, -0.1) is 0 Å². The summed E-state index contributed by atoms with van der Waals surface area (Å²) in [5.74, 6) is 0.619. The number of allylic oxidation sites excluding steroid dienone is 3. The lowest BCUT2D eigenvalue weighted by Gasteiger charge is -2.03. The second-order valence-corrected chi connectivity index (χ2v) is 2.09. The molecule has 0 heterocycles. The molecule has 0 bridgehead atoms. The fourth-order valence-electron chi connectivity index (χ4n) is 0.843. The lowest BCUT2D eigenvalue weighted by atomic mass is 10.2. The van der Waals surface area contributed by atoms with Gasteiger partial charge in [0.15, 0.2) is 0 Å². The lowest BCUT2D eigenvalue weighted by Crippen LogP contribution is -2.03. The van der Waals surface area contributed by atoms with Gasteiger partial charge >= 0.3 is 0 Å². The number of hydrogen-bond donors (Lipinski definition) is 0. The van der Waals surface area contributed by atoms with E-state index in [9.17, 15) is 0 Å². The average molecular weight is 165 g/mol. The van der Waals surface area contributed by atoms with Crippen molar-refractivity contribution in [1.82, 2.24) is 0 Å². The minimum atomic E-state index is 0.619. The van der Waals surface area contributed by atoms with E-state index in [0.29, 0.717) is 5.90 Å². The molecule has 0 rings (SSSR count). The highest BCUT2D eigenvalue weighted by Gasteiger charge is 1.99. The summed E-state index contributed by atoms with van der Waals surface area (Å²) in [5, 5.41) is 0. The van der Waals surface area contributed by atoms with Gasteiger partial charge in [0.1, 0.15) is 0 Å². The van der Waals surface area contributed by atoms with Crippen molar-refractivity contribution >= 4 is 5.90 Å². The van der Waals surface area contributed by atoms with E-state index in [1.54, 1.807) is 20.2 Å². The summed E-state index contributed by atoms with van der Waals surface area (Å²) >= 11 is 0. The number of aliphatic imine (C=N–C) groups is 1. The molecule has 0 unspecified atom stereocenters. The van der Waals surface area contributed by atoms with E-state index in [2.05, 4.69) is 11.6 Å². The molecule has 0 fully saturated rings. The molecular formula is C10H15NO. The largest absolute Gasteiger partial charge is 0.481 e. The van der Waals surface area contributed by atoms with Crippen LogP contribution in [0.4, 0.5) is 0 Å². The molecule has 0 atom stereocenters. The Kier molecular flexibility index (Phi) is 5.70. The summed E-state index contributed by atoms with van der Waals surface area (Å²) in [6.45, 7) is 5.56. The molecule has 0 saturated carbocycles. The number of nitrogens with zero attached hydrogens (tertiary/aromatic N) is 1. The van der Waals surface area contributed by atoms with E-state index >= 15 is 0 Å². The minimum absolute atomic E-state index is 0.619. The highest BCUT2D eigenvalue weighted by molar-refractivity contribution is 5.96. The summed E-state index contributed by atoms with van der Waals surface area (Å²) in [4.78, 5) is 3.97. The predicted molar refractivity (Wildman–Crippen MR) is 53.5 cm³/mol. The first kappa shape index (κ1) is 10.7. The molecule has 0 aliphatic rings. The Hall–Kier alpha value is -1.31. The number of hydrogen-bond acceptors (Lipinski definition) is 2. The van der Waals surface area contributed by atoms with Gasteiger partial charge in [0.2, 0.25) is 5.90 Å². The van der Waals surface area contributed by atoms with Crippen LogP contribution in [0, 0.1) is 0 Å². The standard InChI is InChI=1S/C10H15NO/c1-5-7-9(8-6-2)10(11-3)12-4/h5-8H,1H2,2-4H3/b8-6-,9-7+,11-10?. The normalized spacial score (nSPS) is 13.6. The molecule has 0 radical (unpaired) electrons. The zero-order chi connectivity index (χ0) is 9.40. The van der Waals surface area contributed by atoms with Crippen LogP contribution in [0.25, 0.3) is 0 Å². The number of methoxy groups -OCH3 is 1. The second-order valence-electron chi connectivity index (χ2n) is 2.09. The number of ether oxygens (including phenoxy) is 1. The Bertz CT molecular complexity index is 224. The van der Waals surface area contributed by atoms with Crippen LogP contribution >= 0.6 is 0 Å². The number of rotatable bonds is 3. The fraction of sp³-hybridized carbons (Fsp3) is 0.300. The molecule has 0 aromatic carbocycles. The van der Waals surface area contributed by atoms with Gasteiger partial charge in [-0.1, -0.05) is 30.9 Å². The third-order valence-electron chi connectivity index (χ3n) is 1.29. The maximum absolute atomic E-state index is 5.05. The van der Waals surface area contributed by atoms with Crippen molar-refractivity contribution < 1.29 is 4.74 Å². The molecule has 0 aromatic rings. The molecule has 0 aliphatic heterocycles. The molecule has 0 saturated heterocycles. The predicted octanol–water partition coefficient (Wildman–Crippen LogP) is 2.35. The monoisotopic (exact) mass is 165 g/mol. The Morgan fingerprint density at radius 1 is 1.50 bits per heavy atom. The van der Waals surface area contributed by atoms with Gasteiger partial charge in [-0.05, 0) is 6.92 Å². The minimum Gasteiger partial charge on any atom is -0.481 e. The Morgan fingerprint density at radius 3 is 2.50 bits per heavy atom. The van der Waals surface area contributed by atoms with Gasteiger partial charge in [0.25, 0.3) is 0 Å². The highest BCUT2D eigenvalue weighted by Crippen LogP contribution is 2.01. The molecule has 2 nitrogen and oxygen atoms in total. The van der Waals surface area contributed by atoms with Crippen LogP contribution in [0.15, 0.2) is 41.4 Å². The van der Waals surface area contributed by atoms with E-state index < -0.39 is 0 Å². The molecule has 0 amide bonds. The van der Waals surface area contributed by atoms with E-state index in [1.165, 1.54) is 0 Å². The molecular weight excluding hydrogens is 150 g/mol. The zero-order valence-corrected chi connectivity index (χ0v) is 7.87. The van der Waals surface area contributed by atoms with Crippen LogP contribution in [0.3, 0.4) is 0 Å². The van der Waals surface area contributed by atoms with Crippen molar-refractivity contribution in [2.75, 3.05) is 14.2 Å². The molecule has 0 aromatic heterocycles. The fourth-order valence-corrected chi connectivity index (χ4v) is 0.843. The van der Waals surface area contributed by atoms with Crippen molar-refractivity contribution in [3.63, 3.8) is 0 Å². The summed E-state index contributed by atoms with van der Waals surface area (Å²) in [5.41, 5.74) is 0.928. The van der Waals surface area contributed by atoms with Crippen molar-refractivity contribution in [1.29, 1.82) is 0 Å². The van der Waals surface area contributed by atoms with Crippen LogP contribution in [-0.2, 0) is 4.74 Å². The Labute approximate surface area is 74.0 Å². The molecule has 2 heteroatoms. The molecule has 0 spiro atoms. The third-order valence-corrected chi connectivity index (χ3v) is 1.29. The van der Waals surface area contributed by atoms with Crippen molar-refractivity contribution in [2.45, 2.75) is 6.92 Å². The van der Waals surface area contributed by atoms with E-state index in [1.807, 2.05) is 25.2 Å². The SMILES string of the molecule is C=C/C=C(\C=C/C)C(=NC)OC. The third kappa shape index (κ3) is 3.19. The van der Waals surface area contributed by atoms with Crippen molar-refractivity contribution in [3.05, 3.63) is 36.5 Å². The van der Waals surface area contributed by atoms with Crippen LogP contribution < -0.4 is 0 Å². The quantitative estimate of drug-likeness (QED) is 0.357. The van der Waals surface area contributed by atoms with Crippen LogP contribution in [0.2, 0.25) is 0 Å². The highest BCUT2D eigenvalue weighted by atomic mass is 16.5. The lowest BCUT2D eigenvalue weighted by molar-refractivity contribution is 0.404. The van der Waals surface area contributed by atoms with Gasteiger partial charge in [0, 0.05) is 12.6 Å². The van der Waals surface area contributed by atoms with E-state index in [4.69, 9.17) is 4.74 Å².